The summed E-state index contributed by atoms with van der Waals surface area (Å²) in [6, 6.07) is 2.74. The smallest absolute Gasteiger partial charge is 0.387 e. The average molecular weight is 450 g/mol. The number of carbonyl (C=O) groups excluding carboxylic acids is 2. The molecule has 1 fully saturated rings. The first-order valence-corrected chi connectivity index (χ1v) is 10.5. The molecule has 2 heterocycles. The molecule has 8 heteroatoms. The predicted octanol–water partition coefficient (Wildman–Crippen LogP) is 4.84. The van der Waals surface area contributed by atoms with E-state index in [1.165, 1.54) is 18.2 Å². The second-order valence-corrected chi connectivity index (χ2v) is 8.55. The van der Waals surface area contributed by atoms with Crippen LogP contribution in [0.3, 0.4) is 0 Å². The van der Waals surface area contributed by atoms with Gasteiger partial charge in [-0.2, -0.15) is 8.78 Å². The molecule has 0 unspecified atom stereocenters. The third-order valence-corrected chi connectivity index (χ3v) is 5.50. The summed E-state index contributed by atoms with van der Waals surface area (Å²) in [5.74, 6) is -2.05. The van der Waals surface area contributed by atoms with Gasteiger partial charge in [-0.1, -0.05) is 25.2 Å². The largest absolute Gasteiger partial charge is 0.458 e. The minimum Gasteiger partial charge on any atom is -0.458 e. The first kappa shape index (κ1) is 24.1. The van der Waals surface area contributed by atoms with Crippen LogP contribution in [0.2, 0.25) is 0 Å². The second-order valence-electron chi connectivity index (χ2n) is 8.55. The Labute approximate surface area is 186 Å². The Kier molecular flexibility index (Phi) is 7.15. The first-order chi connectivity index (χ1) is 15.0. The van der Waals surface area contributed by atoms with Crippen LogP contribution in [-0.4, -0.2) is 42.5 Å². The standard InChI is InChI=1S/C24H28F2O6/c1-13-9-10-18(27)21-19(31-24(4,5)32-21)8-6-7-16-12-17(30-23(25)26)11-14(2)20(16)22(28)29-15(13)3/h6-7,9-13,15,19,21,23H,8H2,1-5H3/b7-6?,10-9-/t13-,15+,19+,21-/m1/s1. The van der Waals surface area contributed by atoms with Crippen LogP contribution in [0, 0.1) is 12.8 Å². The van der Waals surface area contributed by atoms with Crippen LogP contribution in [0.5, 0.6) is 5.75 Å². The van der Waals surface area contributed by atoms with Gasteiger partial charge in [-0.3, -0.25) is 4.79 Å². The Morgan fingerprint density at radius 1 is 1.12 bits per heavy atom. The summed E-state index contributed by atoms with van der Waals surface area (Å²) in [5.41, 5.74) is 1.09. The number of fused-ring (bicyclic) bond motifs is 2. The monoisotopic (exact) mass is 450 g/mol. The minimum atomic E-state index is -2.99. The number of esters is 1. The molecule has 0 amide bonds. The fourth-order valence-electron chi connectivity index (χ4n) is 3.77. The third-order valence-electron chi connectivity index (χ3n) is 5.50. The quantitative estimate of drug-likeness (QED) is 0.601. The van der Waals surface area contributed by atoms with E-state index in [9.17, 15) is 18.4 Å². The van der Waals surface area contributed by atoms with Gasteiger partial charge in [0.15, 0.2) is 11.6 Å². The third kappa shape index (κ3) is 5.61. The Bertz CT molecular complexity index is 937. The van der Waals surface area contributed by atoms with Gasteiger partial charge in [0.2, 0.25) is 0 Å². The van der Waals surface area contributed by atoms with E-state index >= 15 is 0 Å². The summed E-state index contributed by atoms with van der Waals surface area (Å²) in [6.45, 7) is 5.66. The van der Waals surface area contributed by atoms with Gasteiger partial charge in [-0.15, -0.1) is 0 Å². The fourth-order valence-corrected chi connectivity index (χ4v) is 3.77. The van der Waals surface area contributed by atoms with E-state index in [1.54, 1.807) is 45.9 Å². The first-order valence-electron chi connectivity index (χ1n) is 10.5. The van der Waals surface area contributed by atoms with Crippen LogP contribution in [-0.2, 0) is 19.0 Å². The summed E-state index contributed by atoms with van der Waals surface area (Å²) in [7, 11) is 0. The maximum Gasteiger partial charge on any atom is 0.387 e. The summed E-state index contributed by atoms with van der Waals surface area (Å²) < 4.78 is 47.4. The zero-order valence-electron chi connectivity index (χ0n) is 18.8. The van der Waals surface area contributed by atoms with Crippen molar-refractivity contribution in [2.45, 2.75) is 71.8 Å². The number of alkyl halides is 2. The number of halogens is 2. The molecule has 0 radical (unpaired) electrons. The number of aryl methyl sites for hydroxylation is 1. The molecule has 1 aromatic rings. The predicted molar refractivity (Wildman–Crippen MR) is 113 cm³/mol. The maximum absolute atomic E-state index is 12.9. The highest BCUT2D eigenvalue weighted by Crippen LogP contribution is 2.32. The summed E-state index contributed by atoms with van der Waals surface area (Å²) in [6.07, 6.45) is 4.92. The van der Waals surface area contributed by atoms with Crippen molar-refractivity contribution in [3.8, 4) is 5.75 Å². The highest BCUT2D eigenvalue weighted by Gasteiger charge is 2.43. The molecule has 2 aliphatic rings. The van der Waals surface area contributed by atoms with Crippen LogP contribution in [0.1, 0.15) is 55.6 Å². The van der Waals surface area contributed by atoms with Gasteiger partial charge in [-0.05, 0) is 63.5 Å². The lowest BCUT2D eigenvalue weighted by atomic mass is 9.98. The molecule has 0 saturated carbocycles. The van der Waals surface area contributed by atoms with E-state index in [0.29, 0.717) is 17.5 Å². The van der Waals surface area contributed by atoms with Crippen molar-refractivity contribution in [2.75, 3.05) is 0 Å². The number of cyclic esters (lactones) is 1. The molecule has 6 nitrogen and oxygen atoms in total. The van der Waals surface area contributed by atoms with Crippen molar-refractivity contribution in [2.24, 2.45) is 5.92 Å². The van der Waals surface area contributed by atoms with Gasteiger partial charge < -0.3 is 18.9 Å². The molecule has 174 valence electrons. The van der Waals surface area contributed by atoms with Crippen molar-refractivity contribution < 1.29 is 37.3 Å². The zero-order chi connectivity index (χ0) is 23.6. The Balaban J connectivity index is 2.04. The van der Waals surface area contributed by atoms with Gasteiger partial charge in [0, 0.05) is 5.92 Å². The molecule has 4 atom stereocenters. The lowest BCUT2D eigenvalue weighted by Crippen LogP contribution is -2.30. The van der Waals surface area contributed by atoms with Gasteiger partial charge in [0.05, 0.1) is 11.7 Å². The molecular formula is C24H28F2O6. The van der Waals surface area contributed by atoms with Crippen molar-refractivity contribution in [3.63, 3.8) is 0 Å². The van der Waals surface area contributed by atoms with Crippen LogP contribution < -0.4 is 4.74 Å². The molecule has 0 N–H and O–H groups in total. The van der Waals surface area contributed by atoms with Crippen LogP contribution in [0.4, 0.5) is 8.78 Å². The summed E-state index contributed by atoms with van der Waals surface area (Å²) >= 11 is 0. The zero-order valence-corrected chi connectivity index (χ0v) is 18.8. The Morgan fingerprint density at radius 2 is 1.84 bits per heavy atom. The van der Waals surface area contributed by atoms with Gasteiger partial charge in [-0.25, -0.2) is 4.79 Å². The van der Waals surface area contributed by atoms with Gasteiger partial charge in [0.25, 0.3) is 0 Å². The lowest BCUT2D eigenvalue weighted by Gasteiger charge is -2.20. The van der Waals surface area contributed by atoms with E-state index < -0.39 is 36.7 Å². The summed E-state index contributed by atoms with van der Waals surface area (Å²) in [5, 5.41) is 0. The fraction of sp³-hybridized carbons (Fsp3) is 0.500. The molecule has 2 aliphatic heterocycles. The number of benzene rings is 1. The van der Waals surface area contributed by atoms with E-state index in [0.717, 1.165) is 0 Å². The van der Waals surface area contributed by atoms with Crippen LogP contribution in [0.25, 0.3) is 6.08 Å². The van der Waals surface area contributed by atoms with Gasteiger partial charge >= 0.3 is 12.6 Å². The number of rotatable bonds is 2. The number of ketones is 1. The van der Waals surface area contributed by atoms with Crippen LogP contribution >= 0.6 is 0 Å². The topological polar surface area (TPSA) is 71.1 Å². The van der Waals surface area contributed by atoms with Crippen molar-refractivity contribution in [3.05, 3.63) is 47.1 Å². The number of hydrogen-bond donors (Lipinski definition) is 0. The van der Waals surface area contributed by atoms with Crippen LogP contribution in [0.15, 0.2) is 30.4 Å². The van der Waals surface area contributed by atoms with Crippen molar-refractivity contribution in [1.29, 1.82) is 0 Å². The average Bonchev–Trinajstić information content (AvgIpc) is 2.98. The molecule has 1 aromatic carbocycles. The molecule has 0 aromatic heterocycles. The molecule has 0 bridgehead atoms. The molecule has 0 aliphatic carbocycles. The number of carbonyl (C=O) groups is 2. The molecule has 1 saturated heterocycles. The van der Waals surface area contributed by atoms with Crippen molar-refractivity contribution >= 4 is 17.8 Å². The number of hydrogen-bond acceptors (Lipinski definition) is 6. The lowest BCUT2D eigenvalue weighted by molar-refractivity contribution is -0.152. The Hall–Kier alpha value is -2.58. The van der Waals surface area contributed by atoms with E-state index in [2.05, 4.69) is 4.74 Å². The molecule has 0 spiro atoms. The normalized spacial score (nSPS) is 29.1. The molecule has 3 rings (SSSR count). The minimum absolute atomic E-state index is 0.0613. The van der Waals surface area contributed by atoms with E-state index in [4.69, 9.17) is 14.2 Å². The highest BCUT2D eigenvalue weighted by molar-refractivity contribution is 5.96. The second kappa shape index (κ2) is 9.50. The SMILES string of the molecule is Cc1cc(OC(F)F)cc2c1C(=O)O[C@@H](C)[C@H](C)/C=C\C(=O)[C@H]1OC(C)(C)O[C@H]1CC=C2. The Morgan fingerprint density at radius 3 is 2.53 bits per heavy atom. The molecule has 32 heavy (non-hydrogen) atoms. The highest BCUT2D eigenvalue weighted by atomic mass is 19.3. The van der Waals surface area contributed by atoms with Gasteiger partial charge in [0.1, 0.15) is 18.0 Å². The maximum atomic E-state index is 12.9. The van der Waals surface area contributed by atoms with E-state index in [-0.39, 0.29) is 23.0 Å². The van der Waals surface area contributed by atoms with Crippen molar-refractivity contribution in [1.82, 2.24) is 0 Å². The molecular weight excluding hydrogens is 422 g/mol. The van der Waals surface area contributed by atoms with E-state index in [1.807, 2.05) is 6.92 Å². The summed E-state index contributed by atoms with van der Waals surface area (Å²) in [4.78, 5) is 25.7. The number of ether oxygens (including phenoxy) is 4.